The lowest BCUT2D eigenvalue weighted by Crippen LogP contribution is -2.30. The smallest absolute Gasteiger partial charge is 0.242 e. The van der Waals surface area contributed by atoms with Crippen LogP contribution in [0.5, 0.6) is 0 Å². The number of rotatable bonds is 4. The lowest BCUT2D eigenvalue weighted by Gasteiger charge is -2.10. The summed E-state index contributed by atoms with van der Waals surface area (Å²) in [6, 6.07) is 1.76. The fourth-order valence-corrected chi connectivity index (χ4v) is 2.73. The van der Waals surface area contributed by atoms with Gasteiger partial charge in [-0.1, -0.05) is 11.6 Å². The third-order valence-electron chi connectivity index (χ3n) is 1.91. The van der Waals surface area contributed by atoms with Gasteiger partial charge in [0.15, 0.2) is 0 Å². The maximum Gasteiger partial charge on any atom is 0.242 e. The molecule has 8 heteroatoms. The first-order valence-electron chi connectivity index (χ1n) is 4.66. The normalized spacial score (nSPS) is 13.6. The molecule has 0 spiro atoms. The molecule has 4 N–H and O–H groups in total. The average Bonchev–Trinajstić information content (AvgIpc) is 2.20. The topological polar surface area (TPSA) is 92.4 Å². The van der Waals surface area contributed by atoms with E-state index in [4.69, 9.17) is 22.4 Å². The van der Waals surface area contributed by atoms with Crippen LogP contribution in [-0.2, 0) is 10.0 Å². The van der Waals surface area contributed by atoms with E-state index in [1.807, 2.05) is 0 Å². The number of hydrogen-bond donors (Lipinski definition) is 3. The quantitative estimate of drug-likeness (QED) is 0.710. The fourth-order valence-electron chi connectivity index (χ4n) is 1.06. The Labute approximate surface area is 103 Å². The highest BCUT2D eigenvalue weighted by molar-refractivity contribution is 7.89. The van der Waals surface area contributed by atoms with Crippen LogP contribution in [0, 0.1) is 5.82 Å². The number of hydrogen-bond acceptors (Lipinski definition) is 4. The Kier molecular flexibility index (Phi) is 4.31. The molecule has 5 nitrogen and oxygen atoms in total. The summed E-state index contributed by atoms with van der Waals surface area (Å²) in [6.45, 7) is 1.25. The monoisotopic (exact) mass is 282 g/mol. The van der Waals surface area contributed by atoms with Crippen molar-refractivity contribution in [2.45, 2.75) is 17.9 Å². The van der Waals surface area contributed by atoms with Crippen molar-refractivity contribution in [3.05, 3.63) is 23.0 Å². The second kappa shape index (κ2) is 5.18. The molecule has 0 aliphatic rings. The minimum atomic E-state index is -3.91. The van der Waals surface area contributed by atoms with E-state index in [2.05, 4.69) is 4.72 Å². The number of aliphatic hydroxyl groups is 1. The van der Waals surface area contributed by atoms with Gasteiger partial charge in [0.05, 0.1) is 16.8 Å². The van der Waals surface area contributed by atoms with Crippen molar-refractivity contribution in [1.82, 2.24) is 4.72 Å². The van der Waals surface area contributed by atoms with Crippen LogP contribution in [0.1, 0.15) is 6.92 Å². The van der Waals surface area contributed by atoms with Crippen LogP contribution in [0.3, 0.4) is 0 Å². The van der Waals surface area contributed by atoms with Gasteiger partial charge in [0.25, 0.3) is 0 Å². The van der Waals surface area contributed by atoms with Crippen LogP contribution in [-0.4, -0.2) is 26.2 Å². The Morgan fingerprint density at radius 3 is 2.71 bits per heavy atom. The highest BCUT2D eigenvalue weighted by atomic mass is 35.5. The first kappa shape index (κ1) is 14.2. The van der Waals surface area contributed by atoms with Crippen molar-refractivity contribution in [2.75, 3.05) is 12.3 Å². The molecule has 0 heterocycles. The van der Waals surface area contributed by atoms with E-state index in [0.717, 1.165) is 12.1 Å². The van der Waals surface area contributed by atoms with Gasteiger partial charge in [-0.25, -0.2) is 17.5 Å². The van der Waals surface area contributed by atoms with Gasteiger partial charge in [-0.3, -0.25) is 0 Å². The summed E-state index contributed by atoms with van der Waals surface area (Å²) in [4.78, 5) is -0.321. The highest BCUT2D eigenvalue weighted by Gasteiger charge is 2.20. The van der Waals surface area contributed by atoms with Gasteiger partial charge in [0, 0.05) is 6.54 Å². The molecule has 0 aliphatic carbocycles. The second-order valence-corrected chi connectivity index (χ2v) is 5.65. The number of sulfonamides is 1. The van der Waals surface area contributed by atoms with E-state index < -0.39 is 21.9 Å². The van der Waals surface area contributed by atoms with Gasteiger partial charge in [-0.15, -0.1) is 0 Å². The Balaban J connectivity index is 3.11. The summed E-state index contributed by atoms with van der Waals surface area (Å²) >= 11 is 5.62. The standard InChI is InChI=1S/C9H12ClFN2O3S/c1-5(14)4-13-17(15,16)9-3-8(12)7(11)2-6(9)10/h2-3,5,13-14H,4,12H2,1H3/t5-/m0/s1. The summed E-state index contributed by atoms with van der Waals surface area (Å²) in [5.74, 6) is -0.788. The van der Waals surface area contributed by atoms with Gasteiger partial charge >= 0.3 is 0 Å². The minimum Gasteiger partial charge on any atom is -0.396 e. The lowest BCUT2D eigenvalue weighted by molar-refractivity contribution is 0.198. The Bertz CT molecular complexity index is 519. The van der Waals surface area contributed by atoms with Crippen LogP contribution in [0.25, 0.3) is 0 Å². The molecule has 1 aromatic carbocycles. The number of aliphatic hydroxyl groups excluding tert-OH is 1. The van der Waals surface area contributed by atoms with E-state index in [9.17, 15) is 12.8 Å². The van der Waals surface area contributed by atoms with Gasteiger partial charge in [0.2, 0.25) is 10.0 Å². The van der Waals surface area contributed by atoms with Crippen molar-refractivity contribution in [2.24, 2.45) is 0 Å². The van der Waals surface area contributed by atoms with Crippen LogP contribution in [0.15, 0.2) is 17.0 Å². The molecule has 0 bridgehead atoms. The van der Waals surface area contributed by atoms with Crippen molar-refractivity contribution in [1.29, 1.82) is 0 Å². The summed E-state index contributed by atoms with van der Waals surface area (Å²) in [5, 5.41) is 8.72. The predicted octanol–water partition coefficient (Wildman–Crippen LogP) is 0.720. The molecule has 17 heavy (non-hydrogen) atoms. The first-order chi connectivity index (χ1) is 7.74. The maximum atomic E-state index is 13.0. The zero-order valence-electron chi connectivity index (χ0n) is 8.94. The van der Waals surface area contributed by atoms with E-state index in [-0.39, 0.29) is 22.2 Å². The molecular weight excluding hydrogens is 271 g/mol. The number of benzene rings is 1. The first-order valence-corrected chi connectivity index (χ1v) is 6.52. The summed E-state index contributed by atoms with van der Waals surface area (Å²) in [5.41, 5.74) is 4.95. The van der Waals surface area contributed by atoms with Crippen molar-refractivity contribution >= 4 is 27.3 Å². The van der Waals surface area contributed by atoms with Crippen LogP contribution < -0.4 is 10.5 Å². The molecule has 96 valence electrons. The summed E-state index contributed by atoms with van der Waals surface area (Å²) < 4.78 is 38.6. The molecular formula is C9H12ClFN2O3S. The third-order valence-corrected chi connectivity index (χ3v) is 3.80. The zero-order valence-corrected chi connectivity index (χ0v) is 10.5. The van der Waals surface area contributed by atoms with Gasteiger partial charge in [-0.2, -0.15) is 0 Å². The van der Waals surface area contributed by atoms with Gasteiger partial charge in [-0.05, 0) is 19.1 Å². The third kappa shape index (κ3) is 3.53. The average molecular weight is 283 g/mol. The van der Waals surface area contributed by atoms with Crippen molar-refractivity contribution < 1.29 is 17.9 Å². The number of halogens is 2. The maximum absolute atomic E-state index is 13.0. The highest BCUT2D eigenvalue weighted by Crippen LogP contribution is 2.26. The molecule has 1 rings (SSSR count). The molecule has 0 fully saturated rings. The van der Waals surface area contributed by atoms with Gasteiger partial charge < -0.3 is 10.8 Å². The molecule has 1 atom stereocenters. The van der Waals surface area contributed by atoms with Crippen molar-refractivity contribution in [3.63, 3.8) is 0 Å². The SMILES string of the molecule is C[C@H](O)CNS(=O)(=O)c1cc(N)c(F)cc1Cl. The molecule has 0 aromatic heterocycles. The molecule has 0 saturated carbocycles. The minimum absolute atomic E-state index is 0.171. The second-order valence-electron chi connectivity index (χ2n) is 3.51. The summed E-state index contributed by atoms with van der Waals surface area (Å²) in [6.07, 6.45) is -0.846. The molecule has 1 aromatic rings. The molecule has 0 saturated heterocycles. The largest absolute Gasteiger partial charge is 0.396 e. The van der Waals surface area contributed by atoms with Gasteiger partial charge in [0.1, 0.15) is 10.7 Å². The summed E-state index contributed by atoms with van der Waals surface area (Å²) in [7, 11) is -3.91. The van der Waals surface area contributed by atoms with E-state index in [0.29, 0.717) is 0 Å². The zero-order chi connectivity index (χ0) is 13.2. The van der Waals surface area contributed by atoms with Crippen molar-refractivity contribution in [3.8, 4) is 0 Å². The molecule has 0 radical (unpaired) electrons. The van der Waals surface area contributed by atoms with E-state index >= 15 is 0 Å². The fraction of sp³-hybridized carbons (Fsp3) is 0.333. The van der Waals surface area contributed by atoms with Crippen LogP contribution >= 0.6 is 11.6 Å². The molecule has 0 amide bonds. The lowest BCUT2D eigenvalue weighted by atomic mass is 10.3. The Hall–Kier alpha value is -0.890. The number of anilines is 1. The Morgan fingerprint density at radius 2 is 2.18 bits per heavy atom. The molecule has 0 unspecified atom stereocenters. The number of nitrogens with two attached hydrogens (primary N) is 1. The van der Waals surface area contributed by atoms with Crippen LogP contribution in [0.2, 0.25) is 5.02 Å². The number of nitrogen functional groups attached to an aromatic ring is 1. The van der Waals surface area contributed by atoms with E-state index in [1.165, 1.54) is 6.92 Å². The van der Waals surface area contributed by atoms with E-state index in [1.54, 1.807) is 0 Å². The van der Waals surface area contributed by atoms with Crippen LogP contribution in [0.4, 0.5) is 10.1 Å². The predicted molar refractivity (Wildman–Crippen MR) is 62.7 cm³/mol. The Morgan fingerprint density at radius 1 is 1.59 bits per heavy atom. The number of nitrogens with one attached hydrogen (secondary N) is 1. The molecule has 0 aliphatic heterocycles.